The number of pyridine rings is 1. The maximum absolute atomic E-state index is 6.31. The van der Waals surface area contributed by atoms with Crippen molar-refractivity contribution in [2.45, 2.75) is 51.9 Å². The average molecular weight is 334 g/mol. The third-order valence-electron chi connectivity index (χ3n) is 4.54. The lowest BCUT2D eigenvalue weighted by molar-refractivity contribution is 0.239. The van der Waals surface area contributed by atoms with Crippen molar-refractivity contribution < 1.29 is 4.43 Å². The van der Waals surface area contributed by atoms with Crippen LogP contribution in [0.1, 0.15) is 33.7 Å². The number of nitrogen functional groups attached to an aromatic ring is 1. The van der Waals surface area contributed by atoms with Gasteiger partial charge in [-0.2, -0.15) is 0 Å². The second-order valence-corrected chi connectivity index (χ2v) is 12.2. The Hall–Kier alpha value is -1.73. The van der Waals surface area contributed by atoms with Gasteiger partial charge >= 0.3 is 0 Å². The molecule has 0 fully saturated rings. The summed E-state index contributed by atoms with van der Waals surface area (Å²) in [5, 5.41) is 8.42. The Kier molecular flexibility index (Phi) is 4.91. The summed E-state index contributed by atoms with van der Waals surface area (Å²) >= 11 is 0. The average Bonchev–Trinajstić information content (AvgIpc) is 2.93. The highest BCUT2D eigenvalue weighted by Gasteiger charge is 2.37. The SMILES string of the molecule is CC(CO[Si](C)(C)C(C)(C)C)n1cnnc1-c1cccc(N)n1. The Morgan fingerprint density at radius 3 is 2.61 bits per heavy atom. The predicted octanol–water partition coefficient (Wildman–Crippen LogP) is 3.51. The maximum Gasteiger partial charge on any atom is 0.192 e. The topological polar surface area (TPSA) is 78.8 Å². The molecule has 1 atom stereocenters. The summed E-state index contributed by atoms with van der Waals surface area (Å²) in [6.07, 6.45) is 1.72. The van der Waals surface area contributed by atoms with Crippen LogP contribution in [0.5, 0.6) is 0 Å². The molecule has 2 aromatic heterocycles. The third-order valence-corrected chi connectivity index (χ3v) is 9.04. The highest BCUT2D eigenvalue weighted by molar-refractivity contribution is 6.74. The van der Waals surface area contributed by atoms with Crippen molar-refractivity contribution in [2.24, 2.45) is 0 Å². The monoisotopic (exact) mass is 333 g/mol. The Labute approximate surface area is 139 Å². The number of aromatic nitrogens is 4. The van der Waals surface area contributed by atoms with E-state index in [4.69, 9.17) is 10.2 Å². The summed E-state index contributed by atoms with van der Waals surface area (Å²) in [4.78, 5) is 4.33. The second-order valence-electron chi connectivity index (χ2n) is 7.43. The molecule has 7 heteroatoms. The van der Waals surface area contributed by atoms with Crippen LogP contribution >= 0.6 is 0 Å². The van der Waals surface area contributed by atoms with Crippen molar-refractivity contribution in [1.29, 1.82) is 0 Å². The first-order valence-electron chi connectivity index (χ1n) is 7.88. The van der Waals surface area contributed by atoms with Crippen LogP contribution in [0, 0.1) is 0 Å². The molecule has 0 bridgehead atoms. The molecule has 23 heavy (non-hydrogen) atoms. The minimum Gasteiger partial charge on any atom is -0.415 e. The predicted molar refractivity (Wildman–Crippen MR) is 95.5 cm³/mol. The van der Waals surface area contributed by atoms with Gasteiger partial charge in [0.25, 0.3) is 0 Å². The number of anilines is 1. The highest BCUT2D eigenvalue weighted by atomic mass is 28.4. The van der Waals surface area contributed by atoms with E-state index in [-0.39, 0.29) is 11.1 Å². The summed E-state index contributed by atoms with van der Waals surface area (Å²) in [6, 6.07) is 5.64. The van der Waals surface area contributed by atoms with Crippen LogP contribution in [0.2, 0.25) is 18.1 Å². The van der Waals surface area contributed by atoms with Gasteiger partial charge in [-0.1, -0.05) is 26.8 Å². The van der Waals surface area contributed by atoms with E-state index >= 15 is 0 Å². The molecule has 0 radical (unpaired) electrons. The molecular weight excluding hydrogens is 306 g/mol. The molecule has 126 valence electrons. The third kappa shape index (κ3) is 3.97. The Morgan fingerprint density at radius 1 is 1.30 bits per heavy atom. The molecule has 0 saturated carbocycles. The summed E-state index contributed by atoms with van der Waals surface area (Å²) in [5.74, 6) is 1.19. The zero-order valence-electron chi connectivity index (χ0n) is 14.9. The van der Waals surface area contributed by atoms with Crippen molar-refractivity contribution in [3.8, 4) is 11.5 Å². The molecule has 0 spiro atoms. The van der Waals surface area contributed by atoms with Gasteiger partial charge < -0.3 is 14.7 Å². The van der Waals surface area contributed by atoms with E-state index in [0.29, 0.717) is 18.2 Å². The van der Waals surface area contributed by atoms with Crippen LogP contribution in [0.4, 0.5) is 5.82 Å². The normalized spacial score (nSPS) is 14.0. The van der Waals surface area contributed by atoms with E-state index < -0.39 is 8.32 Å². The molecule has 2 rings (SSSR count). The summed E-state index contributed by atoms with van der Waals surface area (Å²) in [6.45, 7) is 14.0. The fourth-order valence-electron chi connectivity index (χ4n) is 1.95. The Morgan fingerprint density at radius 2 is 2.00 bits per heavy atom. The lowest BCUT2D eigenvalue weighted by atomic mass is 10.2. The van der Waals surface area contributed by atoms with E-state index in [2.05, 4.69) is 56.0 Å². The zero-order chi connectivity index (χ0) is 17.3. The summed E-state index contributed by atoms with van der Waals surface area (Å²) < 4.78 is 8.31. The molecule has 2 N–H and O–H groups in total. The molecule has 0 aliphatic heterocycles. The first-order valence-corrected chi connectivity index (χ1v) is 10.8. The van der Waals surface area contributed by atoms with Crippen LogP contribution < -0.4 is 5.73 Å². The van der Waals surface area contributed by atoms with Gasteiger partial charge in [0.05, 0.1) is 12.6 Å². The van der Waals surface area contributed by atoms with Gasteiger partial charge in [0, 0.05) is 0 Å². The standard InChI is InChI=1S/C16H27N5OSi/c1-12(10-22-23(5,6)16(2,3)4)21-11-18-20-15(21)13-8-7-9-14(17)19-13/h7-9,11-12H,10H2,1-6H3,(H2,17,19). The van der Waals surface area contributed by atoms with Crippen molar-refractivity contribution in [1.82, 2.24) is 19.7 Å². The largest absolute Gasteiger partial charge is 0.415 e. The zero-order valence-corrected chi connectivity index (χ0v) is 15.9. The van der Waals surface area contributed by atoms with Crippen molar-refractivity contribution in [2.75, 3.05) is 12.3 Å². The van der Waals surface area contributed by atoms with Crippen molar-refractivity contribution in [3.63, 3.8) is 0 Å². The number of hydrogen-bond acceptors (Lipinski definition) is 5. The molecule has 0 aliphatic carbocycles. The molecule has 0 saturated heterocycles. The molecule has 0 aromatic carbocycles. The highest BCUT2D eigenvalue weighted by Crippen LogP contribution is 2.37. The first kappa shape index (κ1) is 17.6. The van der Waals surface area contributed by atoms with Gasteiger partial charge in [-0.05, 0) is 37.2 Å². The molecule has 0 aliphatic rings. The smallest absolute Gasteiger partial charge is 0.192 e. The van der Waals surface area contributed by atoms with Gasteiger partial charge in [-0.25, -0.2) is 4.98 Å². The lowest BCUT2D eigenvalue weighted by Gasteiger charge is -2.37. The van der Waals surface area contributed by atoms with Crippen LogP contribution in [0.3, 0.4) is 0 Å². The van der Waals surface area contributed by atoms with E-state index in [1.54, 1.807) is 12.4 Å². The fourth-order valence-corrected chi connectivity index (χ4v) is 3.04. The minimum absolute atomic E-state index is 0.123. The molecular formula is C16H27N5OSi. The fraction of sp³-hybridized carbons (Fsp3) is 0.562. The van der Waals surface area contributed by atoms with Crippen molar-refractivity contribution in [3.05, 3.63) is 24.5 Å². The number of nitrogens with zero attached hydrogens (tertiary/aromatic N) is 4. The van der Waals surface area contributed by atoms with Gasteiger partial charge in [0.15, 0.2) is 14.1 Å². The van der Waals surface area contributed by atoms with Gasteiger partial charge in [-0.15, -0.1) is 10.2 Å². The second kappa shape index (κ2) is 6.41. The molecule has 0 amide bonds. The van der Waals surface area contributed by atoms with E-state index in [1.807, 2.05) is 16.7 Å². The Balaban J connectivity index is 2.16. The molecule has 6 nitrogen and oxygen atoms in total. The van der Waals surface area contributed by atoms with Crippen molar-refractivity contribution >= 4 is 14.1 Å². The molecule has 2 heterocycles. The number of nitrogens with two attached hydrogens (primary N) is 1. The van der Waals surface area contributed by atoms with Crippen LogP contribution in [-0.2, 0) is 4.43 Å². The first-order chi connectivity index (χ1) is 10.6. The number of hydrogen-bond donors (Lipinski definition) is 1. The van der Waals surface area contributed by atoms with E-state index in [9.17, 15) is 0 Å². The van der Waals surface area contributed by atoms with Gasteiger partial charge in [0.2, 0.25) is 0 Å². The summed E-state index contributed by atoms with van der Waals surface area (Å²) in [5.41, 5.74) is 6.49. The van der Waals surface area contributed by atoms with E-state index in [1.165, 1.54) is 0 Å². The lowest BCUT2D eigenvalue weighted by Crippen LogP contribution is -2.42. The van der Waals surface area contributed by atoms with Crippen LogP contribution in [-0.4, -0.2) is 34.7 Å². The summed E-state index contributed by atoms with van der Waals surface area (Å²) in [7, 11) is -1.78. The van der Waals surface area contributed by atoms with Crippen LogP contribution in [0.25, 0.3) is 11.5 Å². The quantitative estimate of drug-likeness (QED) is 0.847. The molecule has 1 unspecified atom stereocenters. The van der Waals surface area contributed by atoms with E-state index in [0.717, 1.165) is 5.69 Å². The Bertz CT molecular complexity index is 662. The maximum atomic E-state index is 6.31. The minimum atomic E-state index is -1.78. The van der Waals surface area contributed by atoms with Gasteiger partial charge in [-0.3, -0.25) is 0 Å². The number of rotatable bonds is 5. The van der Waals surface area contributed by atoms with Crippen LogP contribution in [0.15, 0.2) is 24.5 Å². The molecule has 2 aromatic rings. The van der Waals surface area contributed by atoms with Gasteiger partial charge in [0.1, 0.15) is 17.8 Å².